The highest BCUT2D eigenvalue weighted by Crippen LogP contribution is 2.52. The predicted molar refractivity (Wildman–Crippen MR) is 131 cm³/mol. The lowest BCUT2D eigenvalue weighted by atomic mass is 9.73. The maximum atomic E-state index is 13.1. The van der Waals surface area contributed by atoms with E-state index in [2.05, 4.69) is 46.0 Å². The Labute approximate surface area is 200 Å². The summed E-state index contributed by atoms with van der Waals surface area (Å²) >= 11 is 2.47. The van der Waals surface area contributed by atoms with Crippen molar-refractivity contribution in [1.82, 2.24) is 24.1 Å². The summed E-state index contributed by atoms with van der Waals surface area (Å²) in [4.78, 5) is 16.4. The lowest BCUT2D eigenvalue weighted by Crippen LogP contribution is -2.50. The average molecular weight is 517 g/mol. The normalized spacial score (nSPS) is 21.3. The molecule has 170 valence electrons. The van der Waals surface area contributed by atoms with Gasteiger partial charge in [-0.1, -0.05) is 6.07 Å². The number of anilines is 1. The van der Waals surface area contributed by atoms with Gasteiger partial charge in [0.15, 0.2) is 5.65 Å². The molecule has 0 radical (unpaired) electrons. The number of nitrogens with one attached hydrogen (secondary N) is 1. The SMILES string of the molecule is Cc1nc(N2CCC3(CC2)Cc2ncccc2[C@H]3N[S+]([O-])C(C)(C)C)n2ccnc2c1Br. The van der Waals surface area contributed by atoms with Gasteiger partial charge in [-0.2, -0.15) is 0 Å². The summed E-state index contributed by atoms with van der Waals surface area (Å²) in [7, 11) is 0. The molecule has 1 spiro atoms. The second-order valence-electron chi connectivity index (χ2n) is 9.93. The van der Waals surface area contributed by atoms with Gasteiger partial charge in [0.1, 0.15) is 4.75 Å². The minimum Gasteiger partial charge on any atom is -0.598 e. The van der Waals surface area contributed by atoms with Crippen LogP contribution in [0.2, 0.25) is 0 Å². The van der Waals surface area contributed by atoms with Crippen molar-refractivity contribution in [1.29, 1.82) is 0 Å². The van der Waals surface area contributed by atoms with Crippen LogP contribution in [0.1, 0.15) is 56.6 Å². The van der Waals surface area contributed by atoms with Gasteiger partial charge in [-0.25, -0.2) is 9.97 Å². The smallest absolute Gasteiger partial charge is 0.211 e. The van der Waals surface area contributed by atoms with Crippen LogP contribution in [-0.2, 0) is 17.8 Å². The van der Waals surface area contributed by atoms with Crippen molar-refractivity contribution in [3.05, 3.63) is 52.1 Å². The second-order valence-corrected chi connectivity index (χ2v) is 12.7. The molecule has 1 unspecified atom stereocenters. The zero-order valence-electron chi connectivity index (χ0n) is 18.9. The molecule has 4 heterocycles. The van der Waals surface area contributed by atoms with Crippen molar-refractivity contribution < 1.29 is 4.55 Å². The van der Waals surface area contributed by atoms with Gasteiger partial charge < -0.3 is 9.45 Å². The molecule has 1 aliphatic carbocycles. The largest absolute Gasteiger partial charge is 0.598 e. The molecular weight excluding hydrogens is 488 g/mol. The molecule has 0 amide bonds. The molecule has 1 fully saturated rings. The maximum absolute atomic E-state index is 13.1. The number of pyridine rings is 1. The third-order valence-corrected chi connectivity index (χ3v) is 9.32. The van der Waals surface area contributed by atoms with Crippen molar-refractivity contribution in [3.8, 4) is 0 Å². The van der Waals surface area contributed by atoms with Crippen LogP contribution in [0.5, 0.6) is 0 Å². The third kappa shape index (κ3) is 3.63. The van der Waals surface area contributed by atoms with E-state index in [0.29, 0.717) is 0 Å². The molecular formula is C23H29BrN6OS. The monoisotopic (exact) mass is 516 g/mol. The van der Waals surface area contributed by atoms with E-state index < -0.39 is 11.4 Å². The molecule has 7 nitrogen and oxygen atoms in total. The maximum Gasteiger partial charge on any atom is 0.211 e. The molecule has 5 rings (SSSR count). The van der Waals surface area contributed by atoms with E-state index in [1.54, 1.807) is 0 Å². The Morgan fingerprint density at radius 2 is 1.97 bits per heavy atom. The van der Waals surface area contributed by atoms with Crippen molar-refractivity contribution in [2.45, 2.75) is 57.7 Å². The summed E-state index contributed by atoms with van der Waals surface area (Å²) < 4.78 is 19.3. The van der Waals surface area contributed by atoms with Gasteiger partial charge in [-0.05, 0) is 74.5 Å². The third-order valence-electron chi connectivity index (χ3n) is 6.83. The Morgan fingerprint density at radius 1 is 1.22 bits per heavy atom. The first kappa shape index (κ1) is 22.1. The molecule has 3 aromatic heterocycles. The van der Waals surface area contributed by atoms with Crippen LogP contribution >= 0.6 is 15.9 Å². The van der Waals surface area contributed by atoms with Crippen molar-refractivity contribution >= 4 is 38.9 Å². The van der Waals surface area contributed by atoms with Crippen LogP contribution in [0, 0.1) is 12.3 Å². The molecule has 3 aromatic rings. The molecule has 1 N–H and O–H groups in total. The van der Waals surface area contributed by atoms with E-state index >= 15 is 0 Å². The molecule has 0 bridgehead atoms. The summed E-state index contributed by atoms with van der Waals surface area (Å²) in [5.74, 6) is 0.935. The van der Waals surface area contributed by atoms with Crippen molar-refractivity contribution in [3.63, 3.8) is 0 Å². The number of piperidine rings is 1. The number of hydrogen-bond acceptors (Lipinski definition) is 6. The quantitative estimate of drug-likeness (QED) is 0.527. The van der Waals surface area contributed by atoms with Crippen LogP contribution in [0.3, 0.4) is 0 Å². The van der Waals surface area contributed by atoms with E-state index in [0.717, 1.165) is 59.8 Å². The summed E-state index contributed by atoms with van der Waals surface area (Å²) in [5, 5.41) is 0. The molecule has 1 aliphatic heterocycles. The van der Waals surface area contributed by atoms with Gasteiger partial charge in [-0.3, -0.25) is 9.38 Å². The van der Waals surface area contributed by atoms with Gasteiger partial charge in [0.25, 0.3) is 0 Å². The van der Waals surface area contributed by atoms with E-state index in [-0.39, 0.29) is 16.2 Å². The minimum atomic E-state index is -1.15. The molecule has 1 saturated heterocycles. The lowest BCUT2D eigenvalue weighted by molar-refractivity contribution is 0.175. The van der Waals surface area contributed by atoms with Gasteiger partial charge in [0.2, 0.25) is 5.95 Å². The van der Waals surface area contributed by atoms with Gasteiger partial charge in [0, 0.05) is 54.2 Å². The molecule has 0 aromatic carbocycles. The highest BCUT2D eigenvalue weighted by atomic mass is 79.9. The van der Waals surface area contributed by atoms with Crippen molar-refractivity contribution in [2.75, 3.05) is 18.0 Å². The van der Waals surface area contributed by atoms with Crippen molar-refractivity contribution in [2.24, 2.45) is 5.41 Å². The minimum absolute atomic E-state index is 0.00651. The Morgan fingerprint density at radius 3 is 2.69 bits per heavy atom. The zero-order chi connectivity index (χ0) is 22.7. The fourth-order valence-corrected chi connectivity index (χ4v) is 6.31. The number of hydrogen-bond donors (Lipinski definition) is 1. The highest BCUT2D eigenvalue weighted by molar-refractivity contribution is 9.10. The number of aryl methyl sites for hydroxylation is 1. The standard InChI is InChI=1S/C23H29BrN6OS/c1-15-18(24)20-26-10-13-30(20)21(27-15)29-11-7-23(8-12-29)14-17-16(6-5-9-25-17)19(23)28-32(31)22(2,3)4/h5-6,9-10,13,19,28H,7-8,11-12,14H2,1-4H3/t19-,32?/m1/s1. The molecule has 32 heavy (non-hydrogen) atoms. The number of imidazole rings is 1. The van der Waals surface area contributed by atoms with Crippen LogP contribution in [0.4, 0.5) is 5.95 Å². The summed E-state index contributed by atoms with van der Waals surface area (Å²) in [6, 6.07) is 4.18. The highest BCUT2D eigenvalue weighted by Gasteiger charge is 2.51. The number of fused-ring (bicyclic) bond motifs is 2. The molecule has 2 atom stereocenters. The topological polar surface area (TPSA) is 81.4 Å². The van der Waals surface area contributed by atoms with Crippen LogP contribution in [0.15, 0.2) is 35.2 Å². The van der Waals surface area contributed by atoms with Gasteiger partial charge >= 0.3 is 0 Å². The fourth-order valence-electron chi connectivity index (χ4n) is 4.98. The molecule has 2 aliphatic rings. The van der Waals surface area contributed by atoms with E-state index in [1.807, 2.05) is 52.4 Å². The number of rotatable bonds is 3. The van der Waals surface area contributed by atoms with Gasteiger partial charge in [0.05, 0.1) is 16.2 Å². The Balaban J connectivity index is 1.44. The average Bonchev–Trinajstić information content (AvgIpc) is 3.35. The molecule has 9 heteroatoms. The zero-order valence-corrected chi connectivity index (χ0v) is 21.3. The van der Waals surface area contributed by atoms with Crippen LogP contribution in [-0.4, -0.2) is 41.7 Å². The first-order chi connectivity index (χ1) is 15.2. The van der Waals surface area contributed by atoms with E-state index in [1.165, 1.54) is 5.56 Å². The predicted octanol–water partition coefficient (Wildman–Crippen LogP) is 4.13. The first-order valence-corrected chi connectivity index (χ1v) is 13.0. The molecule has 0 saturated carbocycles. The summed E-state index contributed by atoms with van der Waals surface area (Å²) in [6.07, 6.45) is 8.54. The number of halogens is 1. The number of nitrogens with zero attached hydrogens (tertiary/aromatic N) is 5. The van der Waals surface area contributed by atoms with Gasteiger partial charge in [-0.15, -0.1) is 4.72 Å². The van der Waals surface area contributed by atoms with Crippen LogP contribution in [0.25, 0.3) is 5.65 Å². The summed E-state index contributed by atoms with van der Waals surface area (Å²) in [5.41, 5.74) is 4.18. The second kappa shape index (κ2) is 7.97. The Kier molecular flexibility index (Phi) is 5.51. The Bertz CT molecular complexity index is 1150. The first-order valence-electron chi connectivity index (χ1n) is 11.1. The lowest BCUT2D eigenvalue weighted by Gasteiger charge is -2.44. The van der Waals surface area contributed by atoms with E-state index in [9.17, 15) is 4.55 Å². The summed E-state index contributed by atoms with van der Waals surface area (Å²) in [6.45, 7) is 9.83. The van der Waals surface area contributed by atoms with E-state index in [4.69, 9.17) is 4.98 Å². The van der Waals surface area contributed by atoms with Crippen LogP contribution < -0.4 is 9.62 Å². The number of aromatic nitrogens is 4. The Hall–Kier alpha value is -1.68. The fraction of sp³-hybridized carbons (Fsp3) is 0.522.